The van der Waals surface area contributed by atoms with Crippen LogP contribution in [-0.4, -0.2) is 179 Å². The van der Waals surface area contributed by atoms with Gasteiger partial charge in [-0.15, -0.1) is 0 Å². The van der Waals surface area contributed by atoms with Crippen molar-refractivity contribution < 1.29 is 86.4 Å². The van der Waals surface area contributed by atoms with E-state index < -0.39 is 127 Å². The number of aromatic nitrogens is 4. The molecule has 0 saturated carbocycles. The molecule has 6 rings (SSSR count). The Hall–Kier alpha value is -10.4. The molecule has 0 aliphatic carbocycles. The first-order valence-corrected chi connectivity index (χ1v) is 29.8. The molecule has 2 aliphatic heterocycles. The third kappa shape index (κ3) is 20.6. The van der Waals surface area contributed by atoms with Crippen molar-refractivity contribution >= 4 is 111 Å². The molecule has 494 valence electrons. The predicted molar refractivity (Wildman–Crippen MR) is 325 cm³/mol. The lowest BCUT2D eigenvalue weighted by atomic mass is 10.0. The number of carbonyl (C=O) groups is 13. The first-order valence-electron chi connectivity index (χ1n) is 29.8. The number of aliphatic carboxylic acids is 1. The van der Waals surface area contributed by atoms with Crippen LogP contribution in [0.15, 0.2) is 48.7 Å². The van der Waals surface area contributed by atoms with E-state index in [2.05, 4.69) is 51.8 Å². The van der Waals surface area contributed by atoms with E-state index in [1.807, 2.05) is 0 Å². The molecule has 4 aromatic rings. The van der Waals surface area contributed by atoms with E-state index >= 15 is 0 Å². The molecule has 4 heterocycles. The van der Waals surface area contributed by atoms with Crippen molar-refractivity contribution in [3.05, 3.63) is 71.0 Å². The lowest BCUT2D eigenvalue weighted by molar-refractivity contribution is -0.155. The monoisotopic (exact) mass is 1280 g/mol. The zero-order valence-corrected chi connectivity index (χ0v) is 51.4. The van der Waals surface area contributed by atoms with Crippen molar-refractivity contribution in [1.29, 1.82) is 0 Å². The normalized spacial score (nSPS) is 14.7. The molecule has 8 amide bonds. The molecular formula is C60H76N14O18. The molecule has 2 aromatic carbocycles. The van der Waals surface area contributed by atoms with Crippen molar-refractivity contribution in [2.45, 2.75) is 146 Å². The van der Waals surface area contributed by atoms with Gasteiger partial charge in [0.25, 0.3) is 17.7 Å². The van der Waals surface area contributed by atoms with Crippen molar-refractivity contribution in [1.82, 2.24) is 51.4 Å². The number of fused-ring (bicyclic) bond motifs is 2. The summed E-state index contributed by atoms with van der Waals surface area (Å²) in [7, 11) is 5.01. The van der Waals surface area contributed by atoms with E-state index in [1.54, 1.807) is 36.2 Å². The first kappa shape index (κ1) is 70.7. The second-order valence-corrected chi connectivity index (χ2v) is 21.7. The Labute approximate surface area is 527 Å². The molecule has 11 N–H and O–H groups in total. The number of carboxylic acids is 1. The fraction of sp³-hybridized carbons (Fsp3) is 0.483. The lowest BCUT2D eigenvalue weighted by Gasteiger charge is -2.27. The number of piperidine rings is 1. The topological polar surface area (TPSA) is 461 Å². The van der Waals surface area contributed by atoms with Gasteiger partial charge in [-0.05, 0) is 81.3 Å². The summed E-state index contributed by atoms with van der Waals surface area (Å²) < 4.78 is 19.9. The number of ether oxygens (including phenoxy) is 4. The van der Waals surface area contributed by atoms with E-state index in [9.17, 15) is 67.4 Å². The summed E-state index contributed by atoms with van der Waals surface area (Å²) in [5.74, 6) is -9.86. The van der Waals surface area contributed by atoms with Crippen LogP contribution in [0.1, 0.15) is 146 Å². The molecule has 1 saturated heterocycles. The van der Waals surface area contributed by atoms with Gasteiger partial charge in [0.2, 0.25) is 35.5 Å². The summed E-state index contributed by atoms with van der Waals surface area (Å²) in [6.07, 6.45) is 2.13. The molecule has 32 heteroatoms. The number of carboxylic acid groups (broad SMARTS) is 1. The van der Waals surface area contributed by atoms with Gasteiger partial charge in [0.05, 0.1) is 57.3 Å². The van der Waals surface area contributed by atoms with Crippen LogP contribution in [0.4, 0.5) is 23.1 Å². The molecule has 0 spiro atoms. The van der Waals surface area contributed by atoms with E-state index in [0.29, 0.717) is 36.6 Å². The molecule has 2 aromatic heterocycles. The van der Waals surface area contributed by atoms with Gasteiger partial charge in [0.15, 0.2) is 17.0 Å². The molecule has 2 unspecified atom stereocenters. The fourth-order valence-corrected chi connectivity index (χ4v) is 10.1. The van der Waals surface area contributed by atoms with Crippen LogP contribution < -0.4 is 48.3 Å². The quantitative estimate of drug-likeness (QED) is 0.0134. The van der Waals surface area contributed by atoms with Gasteiger partial charge in [-0.1, -0.05) is 31.7 Å². The SMILES string of the molecule is COC(=O)C[C@H](CCC(=O)NC(CCC(=O)NCCCCCCCCNc1cccc2c1C(=O)N(C1CCC(=O)NC1=O)C2=O)C(=O)OC)OC(=O)CC[C@H](NC(=O)CC[C@H](NC(=O)c1ccc(N(C)Cc2cnc3nc(N)nc(N)c3n2)cc1)C(=O)O)C(=O)OC. The van der Waals surface area contributed by atoms with Crippen molar-refractivity contribution in [2.24, 2.45) is 0 Å². The summed E-state index contributed by atoms with van der Waals surface area (Å²) in [4.78, 5) is 185. The van der Waals surface area contributed by atoms with Gasteiger partial charge in [0.1, 0.15) is 30.3 Å². The van der Waals surface area contributed by atoms with Crippen LogP contribution in [0.25, 0.3) is 11.2 Å². The van der Waals surface area contributed by atoms with Crippen molar-refractivity contribution in [3.8, 4) is 0 Å². The van der Waals surface area contributed by atoms with Crippen LogP contribution in [0.2, 0.25) is 0 Å². The third-order valence-corrected chi connectivity index (χ3v) is 15.0. The summed E-state index contributed by atoms with van der Waals surface area (Å²) in [6.45, 7) is 1.16. The number of nitrogens with two attached hydrogens (primary N) is 2. The summed E-state index contributed by atoms with van der Waals surface area (Å²) in [5, 5.41) is 25.5. The molecule has 92 heavy (non-hydrogen) atoms. The number of benzene rings is 2. The molecular weight excluding hydrogens is 1200 g/mol. The molecule has 1 fully saturated rings. The number of amides is 8. The zero-order valence-electron chi connectivity index (χ0n) is 51.4. The van der Waals surface area contributed by atoms with Crippen LogP contribution in [-0.2, 0) is 73.4 Å². The van der Waals surface area contributed by atoms with Crippen LogP contribution in [0, 0.1) is 0 Å². The van der Waals surface area contributed by atoms with Gasteiger partial charge in [-0.3, -0.25) is 58.2 Å². The smallest absolute Gasteiger partial charge is 0.328 e. The number of carbonyl (C=O) groups excluding carboxylic acids is 12. The highest BCUT2D eigenvalue weighted by atomic mass is 16.6. The van der Waals surface area contributed by atoms with E-state index in [0.717, 1.165) is 58.3 Å². The Morgan fingerprint density at radius 3 is 1.97 bits per heavy atom. The largest absolute Gasteiger partial charge is 0.480 e. The van der Waals surface area contributed by atoms with Gasteiger partial charge in [-0.2, -0.15) is 9.97 Å². The number of imide groups is 2. The highest BCUT2D eigenvalue weighted by Crippen LogP contribution is 2.33. The summed E-state index contributed by atoms with van der Waals surface area (Å²) in [6, 6.07) is 5.85. The minimum Gasteiger partial charge on any atom is -0.480 e. The second-order valence-electron chi connectivity index (χ2n) is 21.7. The summed E-state index contributed by atoms with van der Waals surface area (Å²) in [5.41, 5.74) is 14.3. The maximum atomic E-state index is 13.3. The standard InChI is InChI=1S/C60H76N14O18/c1-73(32-34-31-65-52-50(66-34)51(61)71-60(62)72-52)35-16-14-33(15-17-35)53(81)69-39(57(85)86)19-25-45(77)68-41(59(88)91-4)21-27-47(79)92-36(30-48(80)89-2)18-23-44(76)67-40(58(87)90-3)20-24-43(75)64-29-10-8-6-5-7-9-28-63-38-13-11-12-37-49(38)56(84)74(55(37)83)42-22-26-46(78)70-54(42)82/h11-17,31,36,39-42,63H,5-10,18-30,32H2,1-4H3,(H,64,75)(H,67,76)(H,68,77)(H,69,81)(H,85,86)(H,70,78,82)(H4,61,62,65,71,72)/t36-,39-,40?,41-,42?/m0/s1. The number of hydrogen-bond acceptors (Lipinski definition) is 25. The number of rotatable bonds is 36. The Bertz CT molecular complexity index is 3400. The number of unbranched alkanes of at least 4 members (excludes halogenated alkanes) is 5. The molecule has 0 bridgehead atoms. The van der Waals surface area contributed by atoms with Gasteiger partial charge < -0.3 is 67.0 Å². The minimum atomic E-state index is -1.54. The van der Waals surface area contributed by atoms with Crippen molar-refractivity contribution in [3.63, 3.8) is 0 Å². The number of nitrogen functional groups attached to an aromatic ring is 2. The van der Waals surface area contributed by atoms with Crippen LogP contribution in [0.5, 0.6) is 0 Å². The Morgan fingerprint density at radius 1 is 0.707 bits per heavy atom. The Morgan fingerprint density at radius 2 is 1.33 bits per heavy atom. The number of esters is 4. The van der Waals surface area contributed by atoms with Gasteiger partial charge >= 0.3 is 29.8 Å². The number of methoxy groups -OCH3 is 3. The molecule has 0 radical (unpaired) electrons. The summed E-state index contributed by atoms with van der Waals surface area (Å²) >= 11 is 0. The number of anilines is 4. The van der Waals surface area contributed by atoms with E-state index in [4.69, 9.17) is 30.4 Å². The Kier molecular flexibility index (Phi) is 26.5. The average molecular weight is 1280 g/mol. The Balaban J connectivity index is 0.862. The third-order valence-electron chi connectivity index (χ3n) is 15.0. The van der Waals surface area contributed by atoms with E-state index in [1.165, 1.54) is 24.4 Å². The molecule has 32 nitrogen and oxygen atoms in total. The van der Waals surface area contributed by atoms with Gasteiger partial charge in [-0.25, -0.2) is 24.4 Å². The van der Waals surface area contributed by atoms with Crippen LogP contribution in [0.3, 0.4) is 0 Å². The predicted octanol–water partition coefficient (Wildman–Crippen LogP) is 1.29. The second kappa shape index (κ2) is 34.5. The number of nitrogens with zero attached hydrogens (tertiary/aromatic N) is 6. The highest BCUT2D eigenvalue weighted by molar-refractivity contribution is 6.25. The first-order chi connectivity index (χ1) is 44.0. The maximum absolute atomic E-state index is 13.3. The maximum Gasteiger partial charge on any atom is 0.328 e. The fourth-order valence-electron chi connectivity index (χ4n) is 10.1. The van der Waals surface area contributed by atoms with Crippen LogP contribution >= 0.6 is 0 Å². The molecule has 2 aliphatic rings. The highest BCUT2D eigenvalue weighted by Gasteiger charge is 2.45. The van der Waals surface area contributed by atoms with Crippen molar-refractivity contribution in [2.75, 3.05) is 63.2 Å². The lowest BCUT2D eigenvalue weighted by Crippen LogP contribution is -2.54. The zero-order chi connectivity index (χ0) is 67.0. The van der Waals surface area contributed by atoms with E-state index in [-0.39, 0.29) is 97.0 Å². The number of nitrogens with one attached hydrogen (secondary N) is 6. The minimum absolute atomic E-state index is 0.0231. The molecule has 5 atom stereocenters. The average Bonchev–Trinajstić information content (AvgIpc) is 1.61. The number of hydrogen-bond donors (Lipinski definition) is 9. The van der Waals surface area contributed by atoms with Gasteiger partial charge in [0, 0.05) is 69.2 Å².